The van der Waals surface area contributed by atoms with E-state index in [4.69, 9.17) is 18.5 Å². The molecule has 0 bridgehead atoms. The maximum atomic E-state index is 12.7. The minimum Gasteiger partial charge on any atom is -0.421 e. The summed E-state index contributed by atoms with van der Waals surface area (Å²) in [6, 6.07) is 16.4. The molecule has 0 heterocycles. The zero-order valence-electron chi connectivity index (χ0n) is 16.4. The number of ether oxygens (including phenoxy) is 2. The Labute approximate surface area is 165 Å². The number of nitrogens with one attached hydrogen (secondary N) is 1. The standard InChI is InChI=1S/C20H26NO6P/c1-24-14-13-21(15-17-9-5-4-6-10-17)16-20(22)27-18-11-7-8-12-19(18)28(23,25-2)26-3/h4-12H,13-16H2,1-3H3/p+1. The van der Waals surface area contributed by atoms with Crippen molar-refractivity contribution in [1.29, 1.82) is 0 Å². The summed E-state index contributed by atoms with van der Waals surface area (Å²) >= 11 is 0. The van der Waals surface area contributed by atoms with Gasteiger partial charge in [0, 0.05) is 26.9 Å². The summed E-state index contributed by atoms with van der Waals surface area (Å²) in [4.78, 5) is 13.6. The van der Waals surface area contributed by atoms with E-state index in [1.165, 1.54) is 14.2 Å². The van der Waals surface area contributed by atoms with Crippen LogP contribution in [-0.4, -0.2) is 47.0 Å². The van der Waals surface area contributed by atoms with Gasteiger partial charge in [0.1, 0.15) is 24.1 Å². The monoisotopic (exact) mass is 408 g/mol. The lowest BCUT2D eigenvalue weighted by Gasteiger charge is -2.20. The third kappa shape index (κ3) is 6.26. The van der Waals surface area contributed by atoms with Gasteiger partial charge in [-0.3, -0.25) is 4.57 Å². The summed E-state index contributed by atoms with van der Waals surface area (Å²) in [6.07, 6.45) is 0. The van der Waals surface area contributed by atoms with Gasteiger partial charge in [-0.1, -0.05) is 42.5 Å². The number of hydrogen-bond acceptors (Lipinski definition) is 6. The van der Waals surface area contributed by atoms with E-state index in [0.717, 1.165) is 10.5 Å². The highest BCUT2D eigenvalue weighted by atomic mass is 31.2. The maximum absolute atomic E-state index is 12.7. The number of benzene rings is 2. The average Bonchev–Trinajstić information content (AvgIpc) is 2.72. The molecular weight excluding hydrogens is 381 g/mol. The number of rotatable bonds is 11. The predicted molar refractivity (Wildman–Crippen MR) is 106 cm³/mol. The molecule has 0 amide bonds. The molecule has 0 aliphatic heterocycles. The second-order valence-electron chi connectivity index (χ2n) is 6.14. The van der Waals surface area contributed by atoms with Gasteiger partial charge in [0.25, 0.3) is 0 Å². The SMILES string of the molecule is COCC[NH+](CC(=O)Oc1ccccc1P(=O)(OC)OC)Cc1ccccc1. The van der Waals surface area contributed by atoms with E-state index < -0.39 is 13.6 Å². The first kappa shape index (κ1) is 22.3. The van der Waals surface area contributed by atoms with Gasteiger partial charge >= 0.3 is 13.6 Å². The van der Waals surface area contributed by atoms with E-state index in [1.54, 1.807) is 31.4 Å². The van der Waals surface area contributed by atoms with E-state index in [2.05, 4.69) is 0 Å². The summed E-state index contributed by atoms with van der Waals surface area (Å²) in [7, 11) is 0.671. The lowest BCUT2D eigenvalue weighted by molar-refractivity contribution is -0.906. The van der Waals surface area contributed by atoms with Crippen LogP contribution < -0.4 is 14.9 Å². The average molecular weight is 408 g/mol. The first-order valence-corrected chi connectivity index (χ1v) is 10.4. The molecule has 28 heavy (non-hydrogen) atoms. The van der Waals surface area contributed by atoms with E-state index in [0.29, 0.717) is 19.7 Å². The lowest BCUT2D eigenvalue weighted by Crippen LogP contribution is -3.12. The molecule has 1 N–H and O–H groups in total. The fourth-order valence-corrected chi connectivity index (χ4v) is 3.98. The second-order valence-corrected chi connectivity index (χ2v) is 8.34. The van der Waals surface area contributed by atoms with Crippen molar-refractivity contribution in [2.75, 3.05) is 41.0 Å². The summed E-state index contributed by atoms with van der Waals surface area (Å²) in [6.45, 7) is 1.97. The Balaban J connectivity index is 2.11. The third-order valence-corrected chi connectivity index (χ3v) is 6.14. The molecule has 0 saturated carbocycles. The summed E-state index contributed by atoms with van der Waals surface area (Å²) in [5.74, 6) is -0.265. The van der Waals surface area contributed by atoms with Crippen molar-refractivity contribution >= 4 is 18.9 Å². The summed E-state index contributed by atoms with van der Waals surface area (Å²) in [5, 5.41) is 0.217. The van der Waals surface area contributed by atoms with E-state index in [-0.39, 0.29) is 17.6 Å². The molecule has 0 fully saturated rings. The Morgan fingerprint density at radius 3 is 2.25 bits per heavy atom. The number of carbonyl (C=O) groups excluding carboxylic acids is 1. The van der Waals surface area contributed by atoms with Crippen molar-refractivity contribution < 1.29 is 32.8 Å². The van der Waals surface area contributed by atoms with Crippen LogP contribution in [0, 0.1) is 0 Å². The normalized spacial score (nSPS) is 12.5. The minimum absolute atomic E-state index is 0.136. The third-order valence-electron chi connectivity index (χ3n) is 4.22. The van der Waals surface area contributed by atoms with Crippen molar-refractivity contribution in [2.24, 2.45) is 0 Å². The Hall–Kier alpha value is -2.02. The number of hydrogen-bond donors (Lipinski definition) is 1. The van der Waals surface area contributed by atoms with Crippen LogP contribution in [0.15, 0.2) is 54.6 Å². The molecule has 2 aromatic rings. The molecule has 8 heteroatoms. The van der Waals surface area contributed by atoms with Crippen LogP contribution in [-0.2, 0) is 29.7 Å². The lowest BCUT2D eigenvalue weighted by atomic mass is 10.2. The van der Waals surface area contributed by atoms with Crippen LogP contribution in [0.4, 0.5) is 0 Å². The minimum atomic E-state index is -3.54. The van der Waals surface area contributed by atoms with Crippen molar-refractivity contribution in [3.8, 4) is 5.75 Å². The Kier molecular flexibility index (Phi) is 8.83. The van der Waals surface area contributed by atoms with Gasteiger partial charge in [0.05, 0.1) is 6.61 Å². The van der Waals surface area contributed by atoms with Crippen molar-refractivity contribution in [1.82, 2.24) is 0 Å². The molecule has 7 nitrogen and oxygen atoms in total. The van der Waals surface area contributed by atoms with Crippen LogP contribution in [0.3, 0.4) is 0 Å². The fraction of sp³-hybridized carbons (Fsp3) is 0.350. The molecule has 2 aromatic carbocycles. The molecule has 152 valence electrons. The first-order valence-electron chi connectivity index (χ1n) is 8.90. The Morgan fingerprint density at radius 2 is 1.61 bits per heavy atom. The van der Waals surface area contributed by atoms with E-state index >= 15 is 0 Å². The number of methoxy groups -OCH3 is 1. The molecule has 0 aliphatic carbocycles. The van der Waals surface area contributed by atoms with Crippen LogP contribution in [0.5, 0.6) is 5.75 Å². The second kappa shape index (κ2) is 11.1. The van der Waals surface area contributed by atoms with Gasteiger partial charge in [-0.2, -0.15) is 0 Å². The van der Waals surface area contributed by atoms with Gasteiger partial charge in [0.2, 0.25) is 0 Å². The molecular formula is C20H27NO6P+. The highest BCUT2D eigenvalue weighted by Crippen LogP contribution is 2.47. The van der Waals surface area contributed by atoms with Crippen LogP contribution >= 0.6 is 7.60 Å². The van der Waals surface area contributed by atoms with Gasteiger partial charge in [-0.05, 0) is 12.1 Å². The molecule has 1 unspecified atom stereocenters. The molecule has 0 aromatic heterocycles. The molecule has 0 spiro atoms. The van der Waals surface area contributed by atoms with Crippen molar-refractivity contribution in [2.45, 2.75) is 6.54 Å². The highest BCUT2D eigenvalue weighted by Gasteiger charge is 2.29. The smallest absolute Gasteiger partial charge is 0.367 e. The number of esters is 1. The maximum Gasteiger partial charge on any atom is 0.367 e. The first-order chi connectivity index (χ1) is 13.5. The quantitative estimate of drug-likeness (QED) is 0.345. The topological polar surface area (TPSA) is 75.5 Å². The fourth-order valence-electron chi connectivity index (χ4n) is 2.77. The number of carbonyl (C=O) groups is 1. The van der Waals surface area contributed by atoms with E-state index in [9.17, 15) is 9.36 Å². The van der Waals surface area contributed by atoms with Crippen LogP contribution in [0.1, 0.15) is 5.56 Å². The summed E-state index contributed by atoms with van der Waals surface area (Å²) < 4.78 is 33.4. The van der Waals surface area contributed by atoms with Gasteiger partial charge in [-0.25, -0.2) is 4.79 Å². The number of para-hydroxylation sites is 1. The highest BCUT2D eigenvalue weighted by molar-refractivity contribution is 7.62. The van der Waals surface area contributed by atoms with Crippen LogP contribution in [0.2, 0.25) is 0 Å². The molecule has 2 rings (SSSR count). The largest absolute Gasteiger partial charge is 0.421 e. The van der Waals surface area contributed by atoms with Crippen molar-refractivity contribution in [3.63, 3.8) is 0 Å². The zero-order valence-corrected chi connectivity index (χ0v) is 17.3. The molecule has 1 atom stereocenters. The van der Waals surface area contributed by atoms with E-state index in [1.807, 2.05) is 30.3 Å². The summed E-state index contributed by atoms with van der Waals surface area (Å²) in [5.41, 5.74) is 1.12. The van der Waals surface area contributed by atoms with Gasteiger partial charge in [0.15, 0.2) is 6.54 Å². The molecule has 0 saturated heterocycles. The van der Waals surface area contributed by atoms with Crippen LogP contribution in [0.25, 0.3) is 0 Å². The Morgan fingerprint density at radius 1 is 0.964 bits per heavy atom. The Bertz CT molecular complexity index is 790. The molecule has 0 aliphatic rings. The number of quaternary nitrogens is 1. The van der Waals surface area contributed by atoms with Gasteiger partial charge < -0.3 is 23.4 Å². The zero-order chi connectivity index (χ0) is 20.4. The molecule has 0 radical (unpaired) electrons. The predicted octanol–water partition coefficient (Wildman–Crippen LogP) is 1.43. The van der Waals surface area contributed by atoms with Crippen molar-refractivity contribution in [3.05, 3.63) is 60.2 Å². The van der Waals surface area contributed by atoms with Gasteiger partial charge in [-0.15, -0.1) is 0 Å².